The van der Waals surface area contributed by atoms with Gasteiger partial charge in [0.2, 0.25) is 5.91 Å². The van der Waals surface area contributed by atoms with Crippen LogP contribution in [0.4, 0.5) is 5.69 Å². The number of hydrogen-bond donors (Lipinski definition) is 0. The van der Waals surface area contributed by atoms with Crippen LogP contribution in [0.15, 0.2) is 24.3 Å². The first-order valence-electron chi connectivity index (χ1n) is 6.27. The standard InChI is InChI=1S/C15H24N2O/c1-12(18)16(5)11-13-9-7-8-10-14(13)17(6)15(2,3)4/h7-10H,11H2,1-6H3. The highest BCUT2D eigenvalue weighted by Crippen LogP contribution is 2.26. The summed E-state index contributed by atoms with van der Waals surface area (Å²) < 4.78 is 0. The van der Waals surface area contributed by atoms with Gasteiger partial charge in [-0.3, -0.25) is 4.79 Å². The molecule has 3 nitrogen and oxygen atoms in total. The Labute approximate surface area is 110 Å². The molecular weight excluding hydrogens is 224 g/mol. The highest BCUT2D eigenvalue weighted by molar-refractivity contribution is 5.73. The van der Waals surface area contributed by atoms with E-state index in [9.17, 15) is 4.79 Å². The Balaban J connectivity index is 3.03. The van der Waals surface area contributed by atoms with Crippen molar-refractivity contribution >= 4 is 11.6 Å². The summed E-state index contributed by atoms with van der Waals surface area (Å²) in [6.45, 7) is 8.78. The van der Waals surface area contributed by atoms with Crippen molar-refractivity contribution in [2.24, 2.45) is 0 Å². The van der Waals surface area contributed by atoms with Crippen molar-refractivity contribution in [2.75, 3.05) is 19.0 Å². The molecule has 0 spiro atoms. The molecule has 100 valence electrons. The number of nitrogens with zero attached hydrogens (tertiary/aromatic N) is 2. The lowest BCUT2D eigenvalue weighted by Crippen LogP contribution is -2.39. The van der Waals surface area contributed by atoms with Gasteiger partial charge in [0.15, 0.2) is 0 Å². The summed E-state index contributed by atoms with van der Waals surface area (Å²) in [6.07, 6.45) is 0. The van der Waals surface area contributed by atoms with Gasteiger partial charge < -0.3 is 9.80 Å². The fourth-order valence-corrected chi connectivity index (χ4v) is 1.70. The fourth-order valence-electron chi connectivity index (χ4n) is 1.70. The van der Waals surface area contributed by atoms with Gasteiger partial charge in [-0.15, -0.1) is 0 Å². The number of hydrogen-bond acceptors (Lipinski definition) is 2. The maximum Gasteiger partial charge on any atom is 0.219 e. The third-order valence-corrected chi connectivity index (χ3v) is 3.30. The molecule has 0 aliphatic heterocycles. The van der Waals surface area contributed by atoms with Crippen molar-refractivity contribution in [3.63, 3.8) is 0 Å². The van der Waals surface area contributed by atoms with Gasteiger partial charge in [-0.2, -0.15) is 0 Å². The molecule has 0 bridgehead atoms. The first kappa shape index (κ1) is 14.6. The Morgan fingerprint density at radius 3 is 2.22 bits per heavy atom. The summed E-state index contributed by atoms with van der Waals surface area (Å²) in [5.74, 6) is 0.0863. The quantitative estimate of drug-likeness (QED) is 0.821. The minimum Gasteiger partial charge on any atom is -0.369 e. The number of carbonyl (C=O) groups is 1. The molecule has 0 unspecified atom stereocenters. The van der Waals surface area contributed by atoms with E-state index in [0.717, 1.165) is 0 Å². The highest BCUT2D eigenvalue weighted by atomic mass is 16.2. The average Bonchev–Trinajstić information content (AvgIpc) is 2.27. The Morgan fingerprint density at radius 2 is 1.72 bits per heavy atom. The first-order valence-corrected chi connectivity index (χ1v) is 6.27. The van der Waals surface area contributed by atoms with Crippen molar-refractivity contribution in [2.45, 2.75) is 39.8 Å². The molecule has 18 heavy (non-hydrogen) atoms. The van der Waals surface area contributed by atoms with Crippen LogP contribution in [0, 0.1) is 0 Å². The van der Waals surface area contributed by atoms with E-state index in [2.05, 4.69) is 44.9 Å². The van der Waals surface area contributed by atoms with Crippen LogP contribution in [0.25, 0.3) is 0 Å². The smallest absolute Gasteiger partial charge is 0.219 e. The third kappa shape index (κ3) is 3.49. The second kappa shape index (κ2) is 5.42. The van der Waals surface area contributed by atoms with E-state index in [1.165, 1.54) is 11.3 Å². The van der Waals surface area contributed by atoms with Gasteiger partial charge >= 0.3 is 0 Å². The summed E-state index contributed by atoms with van der Waals surface area (Å²) in [7, 11) is 3.92. The Kier molecular flexibility index (Phi) is 4.38. The van der Waals surface area contributed by atoms with Crippen molar-refractivity contribution in [1.29, 1.82) is 0 Å². The molecule has 0 atom stereocenters. The van der Waals surface area contributed by atoms with Gasteiger partial charge in [0, 0.05) is 38.8 Å². The van der Waals surface area contributed by atoms with E-state index in [-0.39, 0.29) is 11.4 Å². The van der Waals surface area contributed by atoms with Crippen LogP contribution in [-0.4, -0.2) is 30.4 Å². The molecular formula is C15H24N2O. The van der Waals surface area contributed by atoms with E-state index in [0.29, 0.717) is 6.54 Å². The van der Waals surface area contributed by atoms with E-state index in [1.807, 2.05) is 19.2 Å². The molecule has 0 aliphatic carbocycles. The monoisotopic (exact) mass is 248 g/mol. The van der Waals surface area contributed by atoms with Gasteiger partial charge in [0.25, 0.3) is 0 Å². The van der Waals surface area contributed by atoms with Crippen molar-refractivity contribution in [3.8, 4) is 0 Å². The minimum absolute atomic E-state index is 0.0604. The van der Waals surface area contributed by atoms with Gasteiger partial charge in [-0.1, -0.05) is 18.2 Å². The second-order valence-electron chi connectivity index (χ2n) is 5.73. The van der Waals surface area contributed by atoms with E-state index < -0.39 is 0 Å². The fraction of sp³-hybridized carbons (Fsp3) is 0.533. The average molecular weight is 248 g/mol. The Bertz CT molecular complexity index is 421. The van der Waals surface area contributed by atoms with Crippen molar-refractivity contribution in [3.05, 3.63) is 29.8 Å². The molecule has 1 rings (SSSR count). The van der Waals surface area contributed by atoms with Crippen LogP contribution in [0.5, 0.6) is 0 Å². The third-order valence-electron chi connectivity index (χ3n) is 3.30. The Morgan fingerprint density at radius 1 is 1.17 bits per heavy atom. The number of rotatable bonds is 3. The molecule has 3 heteroatoms. The maximum atomic E-state index is 11.3. The number of anilines is 1. The predicted molar refractivity (Wildman–Crippen MR) is 76.7 cm³/mol. The number of amides is 1. The molecule has 0 saturated carbocycles. The van der Waals surface area contributed by atoms with Crippen LogP contribution in [0.3, 0.4) is 0 Å². The summed E-state index contributed by atoms with van der Waals surface area (Å²) in [6, 6.07) is 8.24. The summed E-state index contributed by atoms with van der Waals surface area (Å²) in [5, 5.41) is 0. The molecule has 0 saturated heterocycles. The second-order valence-corrected chi connectivity index (χ2v) is 5.73. The van der Waals surface area contributed by atoms with Crippen LogP contribution in [0.2, 0.25) is 0 Å². The molecule has 1 aromatic rings. The van der Waals surface area contributed by atoms with Crippen molar-refractivity contribution < 1.29 is 4.79 Å². The minimum atomic E-state index is 0.0604. The lowest BCUT2D eigenvalue weighted by atomic mass is 10.0. The van der Waals surface area contributed by atoms with Crippen LogP contribution in [0.1, 0.15) is 33.3 Å². The van der Waals surface area contributed by atoms with Crippen LogP contribution in [-0.2, 0) is 11.3 Å². The molecule has 0 N–H and O–H groups in total. The van der Waals surface area contributed by atoms with Gasteiger partial charge in [-0.25, -0.2) is 0 Å². The van der Waals surface area contributed by atoms with Gasteiger partial charge in [0.1, 0.15) is 0 Å². The topological polar surface area (TPSA) is 23.6 Å². The molecule has 0 radical (unpaired) electrons. The van der Waals surface area contributed by atoms with E-state index >= 15 is 0 Å². The molecule has 0 aromatic heterocycles. The largest absolute Gasteiger partial charge is 0.369 e. The maximum absolute atomic E-state index is 11.3. The Hall–Kier alpha value is -1.51. The first-order chi connectivity index (χ1) is 8.23. The number of carbonyl (C=O) groups excluding carboxylic acids is 1. The molecule has 0 heterocycles. The predicted octanol–water partition coefficient (Wildman–Crippen LogP) is 2.90. The van der Waals surface area contributed by atoms with Gasteiger partial charge in [0.05, 0.1) is 0 Å². The summed E-state index contributed by atoms with van der Waals surface area (Å²) in [4.78, 5) is 15.3. The zero-order valence-corrected chi connectivity index (χ0v) is 12.3. The zero-order chi connectivity index (χ0) is 13.9. The van der Waals surface area contributed by atoms with Crippen LogP contribution < -0.4 is 4.90 Å². The van der Waals surface area contributed by atoms with Crippen molar-refractivity contribution in [1.82, 2.24) is 4.90 Å². The lowest BCUT2D eigenvalue weighted by Gasteiger charge is -2.36. The lowest BCUT2D eigenvalue weighted by molar-refractivity contribution is -0.128. The summed E-state index contributed by atoms with van der Waals surface area (Å²) in [5.41, 5.74) is 2.41. The van der Waals surface area contributed by atoms with E-state index in [4.69, 9.17) is 0 Å². The highest BCUT2D eigenvalue weighted by Gasteiger charge is 2.20. The van der Waals surface area contributed by atoms with Gasteiger partial charge in [-0.05, 0) is 32.4 Å². The molecule has 1 aromatic carbocycles. The molecule has 0 aliphatic rings. The molecule has 1 amide bonds. The number of benzene rings is 1. The number of para-hydroxylation sites is 1. The summed E-state index contributed by atoms with van der Waals surface area (Å²) >= 11 is 0. The SMILES string of the molecule is CC(=O)N(C)Cc1ccccc1N(C)C(C)(C)C. The van der Waals surface area contributed by atoms with Crippen LogP contribution >= 0.6 is 0 Å². The molecule has 0 fully saturated rings. The zero-order valence-electron chi connectivity index (χ0n) is 12.3. The van der Waals surface area contributed by atoms with E-state index in [1.54, 1.807) is 11.8 Å². The normalized spacial score (nSPS) is 11.2.